The summed E-state index contributed by atoms with van der Waals surface area (Å²) >= 11 is 4.79. The van der Waals surface area contributed by atoms with Gasteiger partial charge in [0.25, 0.3) is 5.24 Å². The van der Waals surface area contributed by atoms with Crippen LogP contribution < -0.4 is 0 Å². The third kappa shape index (κ3) is 3.09. The molecule has 1 aromatic heterocycles. The lowest BCUT2D eigenvalue weighted by Gasteiger charge is -2.12. The van der Waals surface area contributed by atoms with Crippen LogP contribution in [0, 0.1) is 0 Å². The average Bonchev–Trinajstić information content (AvgIpc) is 2.14. The van der Waals surface area contributed by atoms with E-state index in [0.717, 1.165) is 0 Å². The lowest BCUT2D eigenvalue weighted by molar-refractivity contribution is -0.144. The molecule has 0 saturated carbocycles. The van der Waals surface area contributed by atoms with Gasteiger partial charge in [0.1, 0.15) is 0 Å². The van der Waals surface area contributed by atoms with E-state index in [0.29, 0.717) is 0 Å². The summed E-state index contributed by atoms with van der Waals surface area (Å²) in [7, 11) is 0. The first-order valence-electron chi connectivity index (χ1n) is 3.87. The van der Waals surface area contributed by atoms with Crippen LogP contribution >= 0.6 is 11.6 Å². The van der Waals surface area contributed by atoms with Gasteiger partial charge in [-0.15, -0.1) is 0 Å². The highest BCUT2D eigenvalue weighted by Crippen LogP contribution is 2.35. The number of alkyl halides is 6. The Morgan fingerprint density at radius 3 is 2.00 bits per heavy atom. The molecule has 94 valence electrons. The van der Waals surface area contributed by atoms with Crippen LogP contribution in [0.25, 0.3) is 0 Å². The van der Waals surface area contributed by atoms with Gasteiger partial charge >= 0.3 is 12.4 Å². The molecule has 0 atom stereocenters. The van der Waals surface area contributed by atoms with Crippen molar-refractivity contribution < 1.29 is 31.1 Å². The highest BCUT2D eigenvalue weighted by atomic mass is 35.5. The van der Waals surface area contributed by atoms with Crippen molar-refractivity contribution in [1.82, 2.24) is 4.98 Å². The molecule has 1 heterocycles. The van der Waals surface area contributed by atoms with Gasteiger partial charge in [0, 0.05) is 6.20 Å². The number of carbonyl (C=O) groups excluding carboxylic acids is 1. The molecular weight excluding hydrogens is 276 g/mol. The number of carbonyl (C=O) groups is 1. The second kappa shape index (κ2) is 4.17. The van der Waals surface area contributed by atoms with Crippen molar-refractivity contribution in [2.45, 2.75) is 12.4 Å². The summed E-state index contributed by atoms with van der Waals surface area (Å²) < 4.78 is 73.4. The van der Waals surface area contributed by atoms with Gasteiger partial charge in [-0.3, -0.25) is 9.78 Å². The second-order valence-corrected chi connectivity index (χ2v) is 3.23. The highest BCUT2D eigenvalue weighted by Gasteiger charge is 2.39. The molecule has 2 nitrogen and oxygen atoms in total. The Balaban J connectivity index is 3.43. The molecule has 1 aromatic rings. The molecule has 0 aliphatic rings. The van der Waals surface area contributed by atoms with Crippen molar-refractivity contribution in [3.63, 3.8) is 0 Å². The van der Waals surface area contributed by atoms with Crippen molar-refractivity contribution in [2.75, 3.05) is 0 Å². The van der Waals surface area contributed by atoms with Crippen LogP contribution in [-0.4, -0.2) is 10.2 Å². The summed E-state index contributed by atoms with van der Waals surface area (Å²) in [4.78, 5) is 13.2. The minimum Gasteiger partial charge on any atom is -0.276 e. The standard InChI is InChI=1S/C8H2ClF6NO/c9-6(17)4-1-3(7(10,11)12)2-16-5(4)8(13,14)15/h1-2H. The topological polar surface area (TPSA) is 30.0 Å². The smallest absolute Gasteiger partial charge is 0.276 e. The fourth-order valence-electron chi connectivity index (χ4n) is 0.996. The molecule has 1 rings (SSSR count). The minimum atomic E-state index is -5.05. The van der Waals surface area contributed by atoms with E-state index in [2.05, 4.69) is 4.98 Å². The summed E-state index contributed by atoms with van der Waals surface area (Å²) in [6, 6.07) is 0.0190. The Bertz CT molecular complexity index is 452. The van der Waals surface area contributed by atoms with Gasteiger partial charge in [-0.1, -0.05) is 0 Å². The molecule has 17 heavy (non-hydrogen) atoms. The summed E-state index contributed by atoms with van der Waals surface area (Å²) in [6.45, 7) is 0. The predicted octanol–water partition coefficient (Wildman–Crippen LogP) is 3.50. The van der Waals surface area contributed by atoms with Crippen LogP contribution in [0.1, 0.15) is 21.6 Å². The van der Waals surface area contributed by atoms with Gasteiger partial charge in [-0.25, -0.2) is 0 Å². The summed E-state index contributed by atoms with van der Waals surface area (Å²) in [5.74, 6) is 0. The molecular formula is C8H2ClF6NO. The van der Waals surface area contributed by atoms with E-state index < -0.39 is 34.4 Å². The average molecular weight is 278 g/mol. The highest BCUT2D eigenvalue weighted by molar-refractivity contribution is 6.67. The van der Waals surface area contributed by atoms with E-state index in [4.69, 9.17) is 11.6 Å². The lowest BCUT2D eigenvalue weighted by atomic mass is 10.1. The number of pyridine rings is 1. The summed E-state index contributed by atoms with van der Waals surface area (Å²) in [5.41, 5.74) is -4.55. The van der Waals surface area contributed by atoms with Crippen LogP contribution in [-0.2, 0) is 12.4 Å². The van der Waals surface area contributed by atoms with Crippen molar-refractivity contribution in [1.29, 1.82) is 0 Å². The second-order valence-electron chi connectivity index (χ2n) is 2.89. The van der Waals surface area contributed by atoms with Crippen molar-refractivity contribution in [3.05, 3.63) is 29.1 Å². The summed E-state index contributed by atoms with van der Waals surface area (Å²) in [5, 5.41) is -1.66. The van der Waals surface area contributed by atoms with Crippen molar-refractivity contribution in [3.8, 4) is 0 Å². The van der Waals surface area contributed by atoms with Crippen molar-refractivity contribution >= 4 is 16.8 Å². The molecule has 0 saturated heterocycles. The molecule has 0 N–H and O–H groups in total. The largest absolute Gasteiger partial charge is 0.434 e. The zero-order valence-electron chi connectivity index (χ0n) is 7.66. The Kier molecular flexibility index (Phi) is 3.37. The van der Waals surface area contributed by atoms with E-state index in [1.807, 2.05) is 0 Å². The lowest BCUT2D eigenvalue weighted by Crippen LogP contribution is -2.16. The fourth-order valence-corrected chi connectivity index (χ4v) is 1.14. The van der Waals surface area contributed by atoms with Crippen LogP contribution in [0.15, 0.2) is 12.3 Å². The molecule has 0 bridgehead atoms. The normalized spacial score (nSPS) is 12.6. The summed E-state index contributed by atoms with van der Waals surface area (Å²) in [6.07, 6.45) is -9.96. The Hall–Kier alpha value is -1.31. The van der Waals surface area contributed by atoms with Gasteiger partial charge in [-0.05, 0) is 17.7 Å². The van der Waals surface area contributed by atoms with Gasteiger partial charge in [0.2, 0.25) is 0 Å². The molecule has 0 aromatic carbocycles. The number of nitrogens with zero attached hydrogens (tertiary/aromatic N) is 1. The molecule has 9 heteroatoms. The monoisotopic (exact) mass is 277 g/mol. The number of halogens is 7. The number of aromatic nitrogens is 1. The van der Waals surface area contributed by atoms with Crippen molar-refractivity contribution in [2.24, 2.45) is 0 Å². The maximum Gasteiger partial charge on any atom is 0.434 e. The van der Waals surface area contributed by atoms with E-state index >= 15 is 0 Å². The SMILES string of the molecule is O=C(Cl)c1cc(C(F)(F)F)cnc1C(F)(F)F. The first-order chi connectivity index (χ1) is 7.53. The maximum absolute atomic E-state index is 12.3. The number of hydrogen-bond donors (Lipinski definition) is 0. The number of hydrogen-bond acceptors (Lipinski definition) is 2. The maximum atomic E-state index is 12.3. The molecule has 0 unspecified atom stereocenters. The van der Waals surface area contributed by atoms with E-state index in [-0.39, 0.29) is 12.3 Å². The Morgan fingerprint density at radius 1 is 1.12 bits per heavy atom. The van der Waals surface area contributed by atoms with E-state index in [9.17, 15) is 31.1 Å². The molecule has 0 radical (unpaired) electrons. The van der Waals surface area contributed by atoms with Crippen LogP contribution in [0.3, 0.4) is 0 Å². The molecule has 0 aliphatic carbocycles. The van der Waals surface area contributed by atoms with Crippen LogP contribution in [0.2, 0.25) is 0 Å². The molecule has 0 spiro atoms. The quantitative estimate of drug-likeness (QED) is 0.581. The third-order valence-corrected chi connectivity index (χ3v) is 1.90. The van der Waals surface area contributed by atoms with E-state index in [1.165, 1.54) is 0 Å². The zero-order chi connectivity index (χ0) is 13.4. The first kappa shape index (κ1) is 13.8. The first-order valence-corrected chi connectivity index (χ1v) is 4.25. The fraction of sp³-hybridized carbons (Fsp3) is 0.250. The molecule has 0 fully saturated rings. The van der Waals surface area contributed by atoms with Gasteiger partial charge < -0.3 is 0 Å². The molecule has 0 amide bonds. The minimum absolute atomic E-state index is 0.00779. The van der Waals surface area contributed by atoms with E-state index in [1.54, 1.807) is 0 Å². The Morgan fingerprint density at radius 2 is 1.65 bits per heavy atom. The van der Waals surface area contributed by atoms with Gasteiger partial charge in [0.15, 0.2) is 5.69 Å². The zero-order valence-corrected chi connectivity index (χ0v) is 8.41. The van der Waals surface area contributed by atoms with Crippen LogP contribution in [0.5, 0.6) is 0 Å². The third-order valence-electron chi connectivity index (χ3n) is 1.70. The van der Waals surface area contributed by atoms with Crippen LogP contribution in [0.4, 0.5) is 26.3 Å². The Labute approximate surface area is 95.2 Å². The van der Waals surface area contributed by atoms with Gasteiger partial charge in [-0.2, -0.15) is 26.3 Å². The predicted molar refractivity (Wildman–Crippen MR) is 44.4 cm³/mol. The number of rotatable bonds is 1. The molecule has 0 aliphatic heterocycles. The van der Waals surface area contributed by atoms with Gasteiger partial charge in [0.05, 0.1) is 11.1 Å².